The van der Waals surface area contributed by atoms with Gasteiger partial charge in [-0.2, -0.15) is 9.97 Å². The van der Waals surface area contributed by atoms with Crippen LogP contribution in [-0.4, -0.2) is 46.8 Å². The number of anilines is 3. The van der Waals surface area contributed by atoms with Gasteiger partial charge in [0.2, 0.25) is 11.8 Å². The van der Waals surface area contributed by atoms with Crippen LogP contribution in [0.2, 0.25) is 0 Å². The molecule has 2 aromatic heterocycles. The largest absolute Gasteiger partial charge is 0.474 e. The highest BCUT2D eigenvalue weighted by atomic mass is 16.5. The van der Waals surface area contributed by atoms with E-state index in [1.807, 2.05) is 26.0 Å². The molecule has 0 aromatic carbocycles. The fourth-order valence-corrected chi connectivity index (χ4v) is 4.07. The van der Waals surface area contributed by atoms with Crippen molar-refractivity contribution in [2.24, 2.45) is 16.6 Å². The molecule has 0 saturated heterocycles. The van der Waals surface area contributed by atoms with Crippen molar-refractivity contribution < 1.29 is 11.0 Å². The molecule has 2 bridgehead atoms. The Morgan fingerprint density at radius 1 is 1.32 bits per heavy atom. The molecule has 0 spiro atoms. The third kappa shape index (κ3) is 7.63. The lowest BCUT2D eigenvalue weighted by atomic mass is 9.79. The zero-order valence-electron chi connectivity index (χ0n) is 21.7. The standard InChI is InChI=1S/C25H30N8O2.C2H6.H2/c1-3-9-28-24(34)20-15-29-25(30-18(13-26)14-27-2)33-23(20)32-21-5-4-6-22(31-21)35-19-8-7-16-10-17(11-16)12-19;1-2;/h3-7,13-15,17,19H,1,8-12,26H2,2H3,(H,28,34)(H2,29,30,31,32,33);1-2H3;1H/b18-13+,27-14?;;/t19-;;/m1../s1. The van der Waals surface area contributed by atoms with Gasteiger partial charge in [0.25, 0.3) is 5.91 Å². The molecule has 10 nitrogen and oxygen atoms in total. The first-order valence-corrected chi connectivity index (χ1v) is 12.5. The Morgan fingerprint density at radius 3 is 2.86 bits per heavy atom. The summed E-state index contributed by atoms with van der Waals surface area (Å²) < 4.78 is 6.19. The van der Waals surface area contributed by atoms with Crippen molar-refractivity contribution in [2.75, 3.05) is 24.2 Å². The fourth-order valence-electron chi connectivity index (χ4n) is 4.07. The smallest absolute Gasteiger partial charge is 0.256 e. The Bertz CT molecular complexity index is 1170. The van der Waals surface area contributed by atoms with E-state index in [9.17, 15) is 4.79 Å². The number of aromatic nitrogens is 3. The van der Waals surface area contributed by atoms with Gasteiger partial charge in [-0.1, -0.05) is 37.6 Å². The number of aliphatic imine (C=N–C) groups is 1. The van der Waals surface area contributed by atoms with Gasteiger partial charge in [-0.3, -0.25) is 9.79 Å². The Balaban J connectivity index is 0.00000165. The van der Waals surface area contributed by atoms with Crippen LogP contribution >= 0.6 is 0 Å². The van der Waals surface area contributed by atoms with E-state index in [1.54, 1.807) is 19.2 Å². The first-order valence-electron chi connectivity index (χ1n) is 12.5. The number of carbonyl (C=O) groups excluding carboxylic acids is 1. The van der Waals surface area contributed by atoms with Crippen LogP contribution < -0.4 is 26.4 Å². The number of carbonyl (C=O) groups is 1. The second kappa shape index (κ2) is 13.8. The zero-order valence-corrected chi connectivity index (χ0v) is 21.7. The van der Waals surface area contributed by atoms with Crippen LogP contribution in [0.15, 0.2) is 65.6 Å². The molecule has 198 valence electrons. The minimum Gasteiger partial charge on any atom is -0.474 e. The summed E-state index contributed by atoms with van der Waals surface area (Å²) in [4.78, 5) is 29.9. The number of amides is 1. The molecule has 3 aliphatic rings. The maximum atomic E-state index is 12.7. The van der Waals surface area contributed by atoms with Crippen molar-refractivity contribution in [3.63, 3.8) is 0 Å². The monoisotopic (exact) mass is 506 g/mol. The van der Waals surface area contributed by atoms with Crippen LogP contribution in [0.5, 0.6) is 5.88 Å². The van der Waals surface area contributed by atoms with Crippen LogP contribution in [-0.2, 0) is 0 Å². The Labute approximate surface area is 219 Å². The van der Waals surface area contributed by atoms with Crippen LogP contribution in [0.1, 0.15) is 51.3 Å². The van der Waals surface area contributed by atoms with E-state index in [-0.39, 0.29) is 30.8 Å². The molecule has 1 fully saturated rings. The first-order chi connectivity index (χ1) is 18.1. The molecule has 1 atom stereocenters. The van der Waals surface area contributed by atoms with Gasteiger partial charge in [0, 0.05) is 46.1 Å². The van der Waals surface area contributed by atoms with Gasteiger partial charge in [-0.15, -0.1) is 6.58 Å². The molecule has 1 amide bonds. The first kappa shape index (κ1) is 27.4. The summed E-state index contributed by atoms with van der Waals surface area (Å²) in [6.45, 7) is 7.94. The highest BCUT2D eigenvalue weighted by Gasteiger charge is 2.30. The minimum absolute atomic E-state index is 0. The third-order valence-electron chi connectivity index (χ3n) is 5.77. The van der Waals surface area contributed by atoms with Crippen molar-refractivity contribution in [1.29, 1.82) is 0 Å². The van der Waals surface area contributed by atoms with Crippen LogP contribution in [0.3, 0.4) is 0 Å². The number of rotatable bonds is 10. The Morgan fingerprint density at radius 2 is 2.14 bits per heavy atom. The minimum atomic E-state index is -0.346. The summed E-state index contributed by atoms with van der Waals surface area (Å²) in [5, 5.41) is 8.85. The van der Waals surface area contributed by atoms with Gasteiger partial charge in [0.1, 0.15) is 23.3 Å². The molecule has 5 N–H and O–H groups in total. The fraction of sp³-hybridized carbons (Fsp3) is 0.370. The number of nitrogens with zero attached hydrogens (tertiary/aromatic N) is 4. The summed E-state index contributed by atoms with van der Waals surface area (Å²) in [5.41, 5.74) is 7.93. The molecular weight excluding hydrogens is 468 g/mol. The molecule has 10 heteroatoms. The van der Waals surface area contributed by atoms with E-state index in [0.717, 1.165) is 12.8 Å². The maximum absolute atomic E-state index is 12.7. The quantitative estimate of drug-likeness (QED) is 0.271. The number of ether oxygens (including phenoxy) is 1. The average Bonchev–Trinajstić information content (AvgIpc) is 3.21. The lowest BCUT2D eigenvalue weighted by molar-refractivity contribution is 0.0958. The van der Waals surface area contributed by atoms with Crippen LogP contribution in [0.25, 0.3) is 0 Å². The van der Waals surface area contributed by atoms with Crippen molar-refractivity contribution in [1.82, 2.24) is 20.3 Å². The normalized spacial score (nSPS) is 18.4. The van der Waals surface area contributed by atoms with Crippen molar-refractivity contribution in [3.8, 4) is 5.88 Å². The molecule has 3 aliphatic carbocycles. The topological polar surface area (TPSA) is 139 Å². The van der Waals surface area contributed by atoms with Gasteiger partial charge in [0.15, 0.2) is 0 Å². The number of hydrogen-bond donors (Lipinski definition) is 4. The van der Waals surface area contributed by atoms with E-state index >= 15 is 0 Å². The summed E-state index contributed by atoms with van der Waals surface area (Å²) in [7, 11) is 1.63. The van der Waals surface area contributed by atoms with Crippen molar-refractivity contribution in [2.45, 2.75) is 45.6 Å². The Kier molecular flexibility index (Phi) is 10.2. The summed E-state index contributed by atoms with van der Waals surface area (Å²) in [6, 6.07) is 5.47. The summed E-state index contributed by atoms with van der Waals surface area (Å²) in [6.07, 6.45) is 12.7. The molecule has 2 aromatic rings. The predicted octanol–water partition coefficient (Wildman–Crippen LogP) is 4.59. The van der Waals surface area contributed by atoms with E-state index in [0.29, 0.717) is 29.9 Å². The number of allylic oxidation sites excluding steroid dienone is 2. The lowest BCUT2D eigenvalue weighted by Gasteiger charge is -2.28. The van der Waals surface area contributed by atoms with E-state index in [4.69, 9.17) is 10.5 Å². The van der Waals surface area contributed by atoms with Gasteiger partial charge >= 0.3 is 0 Å². The lowest BCUT2D eigenvalue weighted by Crippen LogP contribution is -2.25. The number of fused-ring (bicyclic) bond motifs is 3. The summed E-state index contributed by atoms with van der Waals surface area (Å²) in [5.74, 6) is 1.90. The molecule has 0 radical (unpaired) electrons. The molecule has 5 rings (SSSR count). The van der Waals surface area contributed by atoms with Gasteiger partial charge in [-0.25, -0.2) is 4.98 Å². The zero-order chi connectivity index (χ0) is 26.6. The summed E-state index contributed by atoms with van der Waals surface area (Å²) >= 11 is 0. The highest BCUT2D eigenvalue weighted by molar-refractivity contribution is 5.99. The number of pyridine rings is 1. The van der Waals surface area contributed by atoms with Crippen LogP contribution in [0, 0.1) is 5.92 Å². The second-order valence-corrected chi connectivity index (χ2v) is 8.42. The highest BCUT2D eigenvalue weighted by Crippen LogP contribution is 2.40. The van der Waals surface area contributed by atoms with E-state index in [2.05, 4.69) is 48.5 Å². The maximum Gasteiger partial charge on any atom is 0.256 e. The van der Waals surface area contributed by atoms with Crippen LogP contribution in [0.4, 0.5) is 17.6 Å². The number of hydrogen-bond acceptors (Lipinski definition) is 9. The number of nitrogens with one attached hydrogen (secondary N) is 3. The molecule has 37 heavy (non-hydrogen) atoms. The molecule has 1 saturated carbocycles. The Hall–Kier alpha value is -4.21. The van der Waals surface area contributed by atoms with Gasteiger partial charge in [0.05, 0.1) is 5.70 Å². The average molecular weight is 507 g/mol. The number of nitrogens with two attached hydrogens (primary N) is 1. The van der Waals surface area contributed by atoms with Gasteiger partial charge in [-0.05, 0) is 31.2 Å². The SMILES string of the molecule is C=CCNC(=O)c1cnc(N/C(C=NC)=C/N)nc1Nc1cccc(O[C@@H]2CC=C3CC(C3)C2)n1.CC.[HH]. The third-order valence-corrected chi connectivity index (χ3v) is 5.77. The van der Waals surface area contributed by atoms with Crippen molar-refractivity contribution in [3.05, 3.63) is 66.2 Å². The van der Waals surface area contributed by atoms with E-state index < -0.39 is 0 Å². The van der Waals surface area contributed by atoms with Gasteiger partial charge < -0.3 is 26.4 Å². The predicted molar refractivity (Wildman–Crippen MR) is 150 cm³/mol. The molecule has 0 aliphatic heterocycles. The van der Waals surface area contributed by atoms with Crippen molar-refractivity contribution >= 4 is 29.7 Å². The molecular formula is C27H38N8O2. The molecule has 2 heterocycles. The second-order valence-electron chi connectivity index (χ2n) is 8.42. The molecule has 0 unspecified atom stereocenters. The van der Waals surface area contributed by atoms with E-state index in [1.165, 1.54) is 37.0 Å².